The Labute approximate surface area is 150 Å². The summed E-state index contributed by atoms with van der Waals surface area (Å²) in [5, 5.41) is 19.9. The summed E-state index contributed by atoms with van der Waals surface area (Å²) in [6.45, 7) is 5.78. The van der Waals surface area contributed by atoms with Crippen LogP contribution in [0, 0.1) is 20.8 Å². The predicted octanol–water partition coefficient (Wildman–Crippen LogP) is 3.32. The van der Waals surface area contributed by atoms with Crippen molar-refractivity contribution >= 4 is 29.2 Å². The van der Waals surface area contributed by atoms with E-state index in [1.807, 2.05) is 33.9 Å². The molecule has 0 aliphatic rings. The van der Waals surface area contributed by atoms with Gasteiger partial charge in [0.25, 0.3) is 0 Å². The van der Waals surface area contributed by atoms with E-state index < -0.39 is 5.97 Å². The van der Waals surface area contributed by atoms with Crippen molar-refractivity contribution in [2.75, 3.05) is 10.6 Å². The van der Waals surface area contributed by atoms with E-state index in [-0.39, 0.29) is 5.56 Å². The molecule has 0 aliphatic carbocycles. The van der Waals surface area contributed by atoms with Crippen LogP contribution in [0.1, 0.15) is 27.2 Å². The van der Waals surface area contributed by atoms with Gasteiger partial charge in [0, 0.05) is 24.5 Å². The zero-order valence-corrected chi connectivity index (χ0v) is 15.0. The molecule has 0 spiro atoms. The maximum atomic E-state index is 11.2. The lowest BCUT2D eigenvalue weighted by atomic mass is 10.1. The van der Waals surface area contributed by atoms with E-state index in [2.05, 4.69) is 25.7 Å². The number of hydrogen-bond donors (Lipinski definition) is 3. The molecule has 3 aromatic rings. The standard InChI is InChI=1S/C18H20N6O2/c1-10-7-13(17(25)26)9-14(8-10)20-18-19-6-5-15(22-18)21-16-11(2)12(3)23-24(16)4/h5-9H,1-4H3,(H,25,26)(H2,19,20,21,22). The highest BCUT2D eigenvalue weighted by molar-refractivity contribution is 5.89. The number of anilines is 4. The molecule has 2 aromatic heterocycles. The fourth-order valence-electron chi connectivity index (χ4n) is 2.66. The van der Waals surface area contributed by atoms with Crippen molar-refractivity contribution in [1.29, 1.82) is 0 Å². The largest absolute Gasteiger partial charge is 0.478 e. The molecule has 0 saturated carbocycles. The maximum absolute atomic E-state index is 11.2. The predicted molar refractivity (Wildman–Crippen MR) is 99.4 cm³/mol. The first-order valence-corrected chi connectivity index (χ1v) is 8.06. The summed E-state index contributed by atoms with van der Waals surface area (Å²) in [5.41, 5.74) is 3.66. The van der Waals surface area contributed by atoms with Gasteiger partial charge in [0.15, 0.2) is 0 Å². The van der Waals surface area contributed by atoms with E-state index in [0.717, 1.165) is 22.6 Å². The molecule has 8 nitrogen and oxygen atoms in total. The normalized spacial score (nSPS) is 10.6. The lowest BCUT2D eigenvalue weighted by Crippen LogP contribution is -2.05. The number of nitrogens with one attached hydrogen (secondary N) is 2. The molecular formula is C18H20N6O2. The van der Waals surface area contributed by atoms with Crippen LogP contribution in [-0.4, -0.2) is 30.8 Å². The molecule has 3 N–H and O–H groups in total. The van der Waals surface area contributed by atoms with Gasteiger partial charge in [-0.15, -0.1) is 0 Å². The van der Waals surface area contributed by atoms with Crippen molar-refractivity contribution in [1.82, 2.24) is 19.7 Å². The van der Waals surface area contributed by atoms with Gasteiger partial charge in [0.1, 0.15) is 11.6 Å². The summed E-state index contributed by atoms with van der Waals surface area (Å²) in [6.07, 6.45) is 1.63. The molecule has 3 rings (SSSR count). The summed E-state index contributed by atoms with van der Waals surface area (Å²) >= 11 is 0. The number of nitrogens with zero attached hydrogens (tertiary/aromatic N) is 4. The fourth-order valence-corrected chi connectivity index (χ4v) is 2.66. The summed E-state index contributed by atoms with van der Waals surface area (Å²) in [6, 6.07) is 6.75. The molecule has 0 bridgehead atoms. The third-order valence-corrected chi connectivity index (χ3v) is 4.00. The molecule has 1 aromatic carbocycles. The Bertz CT molecular complexity index is 980. The van der Waals surface area contributed by atoms with Crippen LogP contribution in [0.15, 0.2) is 30.5 Å². The van der Waals surface area contributed by atoms with Crippen molar-refractivity contribution in [3.63, 3.8) is 0 Å². The highest BCUT2D eigenvalue weighted by Gasteiger charge is 2.11. The van der Waals surface area contributed by atoms with Gasteiger partial charge in [-0.3, -0.25) is 4.68 Å². The van der Waals surface area contributed by atoms with Crippen LogP contribution in [0.5, 0.6) is 0 Å². The van der Waals surface area contributed by atoms with Crippen molar-refractivity contribution in [2.45, 2.75) is 20.8 Å². The zero-order valence-electron chi connectivity index (χ0n) is 15.0. The number of carboxylic acid groups (broad SMARTS) is 1. The van der Waals surface area contributed by atoms with Gasteiger partial charge in [0.2, 0.25) is 5.95 Å². The maximum Gasteiger partial charge on any atom is 0.335 e. The van der Waals surface area contributed by atoms with Crippen molar-refractivity contribution in [3.05, 3.63) is 52.8 Å². The Morgan fingerprint density at radius 2 is 1.92 bits per heavy atom. The van der Waals surface area contributed by atoms with Gasteiger partial charge in [-0.05, 0) is 50.6 Å². The Kier molecular flexibility index (Phi) is 4.57. The minimum atomic E-state index is -0.977. The van der Waals surface area contributed by atoms with Gasteiger partial charge in [-0.25, -0.2) is 9.78 Å². The van der Waals surface area contributed by atoms with Gasteiger partial charge < -0.3 is 15.7 Å². The van der Waals surface area contributed by atoms with Crippen LogP contribution in [0.4, 0.5) is 23.3 Å². The minimum absolute atomic E-state index is 0.211. The van der Waals surface area contributed by atoms with Crippen LogP contribution in [0.25, 0.3) is 0 Å². The van der Waals surface area contributed by atoms with E-state index in [1.165, 1.54) is 0 Å². The molecule has 0 radical (unpaired) electrons. The second kappa shape index (κ2) is 6.83. The number of aromatic carboxylic acids is 1. The quantitative estimate of drug-likeness (QED) is 0.647. The topological polar surface area (TPSA) is 105 Å². The monoisotopic (exact) mass is 352 g/mol. The fraction of sp³-hybridized carbons (Fsp3) is 0.222. The van der Waals surface area contributed by atoms with Gasteiger partial charge in [-0.2, -0.15) is 10.1 Å². The average molecular weight is 352 g/mol. The second-order valence-corrected chi connectivity index (χ2v) is 6.09. The average Bonchev–Trinajstić information content (AvgIpc) is 2.81. The Morgan fingerprint density at radius 3 is 2.58 bits per heavy atom. The first-order chi connectivity index (χ1) is 12.3. The number of carbonyl (C=O) groups is 1. The zero-order chi connectivity index (χ0) is 18.8. The first-order valence-electron chi connectivity index (χ1n) is 8.06. The van der Waals surface area contributed by atoms with Crippen LogP contribution in [0.3, 0.4) is 0 Å². The lowest BCUT2D eigenvalue weighted by Gasteiger charge is -2.10. The van der Waals surface area contributed by atoms with E-state index in [1.54, 1.807) is 29.1 Å². The van der Waals surface area contributed by atoms with Crippen molar-refractivity contribution < 1.29 is 9.90 Å². The summed E-state index contributed by atoms with van der Waals surface area (Å²) in [4.78, 5) is 19.8. The molecule has 0 atom stereocenters. The number of rotatable bonds is 5. The minimum Gasteiger partial charge on any atom is -0.478 e. The number of carboxylic acids is 1. The highest BCUT2D eigenvalue weighted by atomic mass is 16.4. The molecule has 134 valence electrons. The Balaban J connectivity index is 1.85. The molecule has 0 aliphatic heterocycles. The van der Waals surface area contributed by atoms with Crippen molar-refractivity contribution in [3.8, 4) is 0 Å². The van der Waals surface area contributed by atoms with E-state index in [9.17, 15) is 9.90 Å². The number of aromatic nitrogens is 4. The van der Waals surface area contributed by atoms with Gasteiger partial charge >= 0.3 is 5.97 Å². The third kappa shape index (κ3) is 3.64. The van der Waals surface area contributed by atoms with E-state index in [0.29, 0.717) is 17.5 Å². The molecular weight excluding hydrogens is 332 g/mol. The van der Waals surface area contributed by atoms with Gasteiger partial charge in [0.05, 0.1) is 11.3 Å². The van der Waals surface area contributed by atoms with Crippen LogP contribution < -0.4 is 10.6 Å². The molecule has 0 amide bonds. The SMILES string of the molecule is Cc1cc(Nc2nccc(Nc3c(C)c(C)nn3C)n2)cc(C(=O)O)c1. The number of aryl methyl sites for hydroxylation is 3. The smallest absolute Gasteiger partial charge is 0.335 e. The van der Waals surface area contributed by atoms with Crippen LogP contribution in [0.2, 0.25) is 0 Å². The van der Waals surface area contributed by atoms with Crippen molar-refractivity contribution in [2.24, 2.45) is 7.05 Å². The summed E-state index contributed by atoms with van der Waals surface area (Å²) < 4.78 is 1.76. The summed E-state index contributed by atoms with van der Waals surface area (Å²) in [5.74, 6) is 0.860. The molecule has 8 heteroatoms. The lowest BCUT2D eigenvalue weighted by molar-refractivity contribution is 0.0697. The van der Waals surface area contributed by atoms with E-state index in [4.69, 9.17) is 0 Å². The Morgan fingerprint density at radius 1 is 1.15 bits per heavy atom. The third-order valence-electron chi connectivity index (χ3n) is 4.00. The summed E-state index contributed by atoms with van der Waals surface area (Å²) in [7, 11) is 1.86. The molecule has 0 saturated heterocycles. The number of hydrogen-bond acceptors (Lipinski definition) is 6. The van der Waals surface area contributed by atoms with Crippen LogP contribution in [-0.2, 0) is 7.05 Å². The molecule has 2 heterocycles. The second-order valence-electron chi connectivity index (χ2n) is 6.09. The van der Waals surface area contributed by atoms with E-state index >= 15 is 0 Å². The number of benzene rings is 1. The molecule has 0 fully saturated rings. The Hall–Kier alpha value is -3.42. The molecule has 26 heavy (non-hydrogen) atoms. The highest BCUT2D eigenvalue weighted by Crippen LogP contribution is 2.22. The molecule has 0 unspecified atom stereocenters. The van der Waals surface area contributed by atoms with Gasteiger partial charge in [-0.1, -0.05) is 0 Å². The van der Waals surface area contributed by atoms with Crippen LogP contribution >= 0.6 is 0 Å². The first kappa shape index (κ1) is 17.4.